The Bertz CT molecular complexity index is 511. The van der Waals surface area contributed by atoms with Crippen LogP contribution in [-0.4, -0.2) is 17.7 Å². The molecule has 2 aromatic carbocycles. The zero-order valence-electron chi connectivity index (χ0n) is 10.9. The van der Waals surface area contributed by atoms with Gasteiger partial charge in [0.05, 0.1) is 6.10 Å². The Labute approximate surface area is 114 Å². The zero-order valence-corrected chi connectivity index (χ0v) is 10.9. The second-order valence-corrected chi connectivity index (χ2v) is 5.19. The zero-order chi connectivity index (χ0) is 13.1. The van der Waals surface area contributed by atoms with Gasteiger partial charge in [-0.25, -0.2) is 0 Å². The smallest absolute Gasteiger partial charge is 0.0914 e. The van der Waals surface area contributed by atoms with Crippen molar-refractivity contribution < 1.29 is 5.11 Å². The van der Waals surface area contributed by atoms with E-state index < -0.39 is 6.10 Å². The number of rotatable bonds is 5. The van der Waals surface area contributed by atoms with Crippen LogP contribution in [0.1, 0.15) is 29.6 Å². The number of hydrogen-bond donors (Lipinski definition) is 2. The van der Waals surface area contributed by atoms with Crippen molar-refractivity contribution in [3.05, 3.63) is 71.8 Å². The molecule has 3 unspecified atom stereocenters. The van der Waals surface area contributed by atoms with Crippen molar-refractivity contribution in [3.63, 3.8) is 0 Å². The first-order valence-electron chi connectivity index (χ1n) is 6.86. The lowest BCUT2D eigenvalue weighted by Crippen LogP contribution is -2.24. The summed E-state index contributed by atoms with van der Waals surface area (Å²) in [6, 6.07) is 20.9. The molecule has 1 fully saturated rings. The van der Waals surface area contributed by atoms with Crippen molar-refractivity contribution in [1.82, 2.24) is 5.32 Å². The molecule has 19 heavy (non-hydrogen) atoms. The van der Waals surface area contributed by atoms with Crippen LogP contribution in [0.5, 0.6) is 0 Å². The number of nitrogens with one attached hydrogen (secondary N) is 1. The van der Waals surface area contributed by atoms with Crippen LogP contribution >= 0.6 is 0 Å². The lowest BCUT2D eigenvalue weighted by Gasteiger charge is -2.12. The molecule has 1 aliphatic rings. The summed E-state index contributed by atoms with van der Waals surface area (Å²) in [5, 5.41) is 13.5. The molecule has 3 atom stereocenters. The molecule has 2 aromatic rings. The number of aliphatic hydroxyl groups is 1. The van der Waals surface area contributed by atoms with Gasteiger partial charge in [-0.1, -0.05) is 60.7 Å². The molecule has 0 aliphatic heterocycles. The predicted octanol–water partition coefficient (Wildman–Crippen LogP) is 2.87. The topological polar surface area (TPSA) is 32.3 Å². The summed E-state index contributed by atoms with van der Waals surface area (Å²) in [6.45, 7) is 0.623. The van der Waals surface area contributed by atoms with Crippen molar-refractivity contribution in [2.24, 2.45) is 0 Å². The molecular weight excluding hydrogens is 234 g/mol. The molecule has 1 aliphatic carbocycles. The molecule has 0 bridgehead atoms. The summed E-state index contributed by atoms with van der Waals surface area (Å²) in [6.07, 6.45) is 0.754. The van der Waals surface area contributed by atoms with Crippen molar-refractivity contribution in [3.8, 4) is 0 Å². The number of hydrogen-bond acceptors (Lipinski definition) is 2. The third kappa shape index (κ3) is 3.03. The molecule has 2 heteroatoms. The Morgan fingerprint density at radius 2 is 1.63 bits per heavy atom. The highest BCUT2D eigenvalue weighted by molar-refractivity contribution is 5.27. The standard InChI is InChI=1S/C17H19NO/c19-17(14-9-5-2-6-10-14)12-18-16-11-15(16)13-7-3-1-4-8-13/h1-10,15-19H,11-12H2. The molecule has 2 nitrogen and oxygen atoms in total. The van der Waals surface area contributed by atoms with Gasteiger partial charge in [-0.3, -0.25) is 0 Å². The fourth-order valence-corrected chi connectivity index (χ4v) is 2.55. The molecule has 0 heterocycles. The fourth-order valence-electron chi connectivity index (χ4n) is 2.55. The highest BCUT2D eigenvalue weighted by atomic mass is 16.3. The second-order valence-electron chi connectivity index (χ2n) is 5.19. The predicted molar refractivity (Wildman–Crippen MR) is 77.0 cm³/mol. The minimum atomic E-state index is -0.418. The van der Waals surface area contributed by atoms with E-state index in [9.17, 15) is 5.11 Å². The average Bonchev–Trinajstić information content (AvgIpc) is 3.26. The van der Waals surface area contributed by atoms with E-state index in [0.717, 1.165) is 5.56 Å². The summed E-state index contributed by atoms with van der Waals surface area (Å²) in [5.74, 6) is 0.615. The number of benzene rings is 2. The van der Waals surface area contributed by atoms with Gasteiger partial charge in [0.15, 0.2) is 0 Å². The van der Waals surface area contributed by atoms with Gasteiger partial charge in [0.1, 0.15) is 0 Å². The average molecular weight is 253 g/mol. The van der Waals surface area contributed by atoms with Crippen LogP contribution in [0.4, 0.5) is 0 Å². The summed E-state index contributed by atoms with van der Waals surface area (Å²) >= 11 is 0. The Hall–Kier alpha value is -1.64. The second kappa shape index (κ2) is 5.55. The lowest BCUT2D eigenvalue weighted by molar-refractivity contribution is 0.174. The van der Waals surface area contributed by atoms with E-state index in [4.69, 9.17) is 0 Å². The molecular formula is C17H19NO. The van der Waals surface area contributed by atoms with E-state index in [1.165, 1.54) is 12.0 Å². The van der Waals surface area contributed by atoms with Gasteiger partial charge in [0.2, 0.25) is 0 Å². The van der Waals surface area contributed by atoms with Crippen LogP contribution in [0.25, 0.3) is 0 Å². The summed E-state index contributed by atoms with van der Waals surface area (Å²) in [7, 11) is 0. The molecule has 98 valence electrons. The van der Waals surface area contributed by atoms with Gasteiger partial charge in [0.25, 0.3) is 0 Å². The Balaban J connectivity index is 1.50. The summed E-state index contributed by atoms with van der Waals surface area (Å²) in [4.78, 5) is 0. The lowest BCUT2D eigenvalue weighted by atomic mass is 10.1. The molecule has 0 amide bonds. The van der Waals surface area contributed by atoms with Gasteiger partial charge in [-0.15, -0.1) is 0 Å². The molecule has 3 rings (SSSR count). The summed E-state index contributed by atoms with van der Waals surface area (Å²) in [5.41, 5.74) is 2.38. The largest absolute Gasteiger partial charge is 0.387 e. The molecule has 2 N–H and O–H groups in total. The molecule has 0 aromatic heterocycles. The van der Waals surface area contributed by atoms with Crippen molar-refractivity contribution >= 4 is 0 Å². The van der Waals surface area contributed by atoms with Crippen molar-refractivity contribution in [2.75, 3.05) is 6.54 Å². The number of aliphatic hydroxyl groups excluding tert-OH is 1. The van der Waals surface area contributed by atoms with Crippen LogP contribution in [0.3, 0.4) is 0 Å². The van der Waals surface area contributed by atoms with E-state index in [0.29, 0.717) is 18.5 Å². The highest BCUT2D eigenvalue weighted by Crippen LogP contribution is 2.40. The maximum atomic E-state index is 10.1. The van der Waals surface area contributed by atoms with Crippen molar-refractivity contribution in [2.45, 2.75) is 24.5 Å². The Morgan fingerprint density at radius 3 is 2.32 bits per heavy atom. The minimum absolute atomic E-state index is 0.418. The van der Waals surface area contributed by atoms with Gasteiger partial charge < -0.3 is 10.4 Å². The van der Waals surface area contributed by atoms with Crippen LogP contribution in [0, 0.1) is 0 Å². The van der Waals surface area contributed by atoms with Crippen LogP contribution < -0.4 is 5.32 Å². The van der Waals surface area contributed by atoms with E-state index in [2.05, 4.69) is 29.6 Å². The van der Waals surface area contributed by atoms with E-state index in [1.807, 2.05) is 36.4 Å². The van der Waals surface area contributed by atoms with Gasteiger partial charge in [-0.05, 0) is 17.5 Å². The fraction of sp³-hybridized carbons (Fsp3) is 0.294. The molecule has 0 radical (unpaired) electrons. The van der Waals surface area contributed by atoms with Gasteiger partial charge in [-0.2, -0.15) is 0 Å². The monoisotopic (exact) mass is 253 g/mol. The normalized spacial score (nSPS) is 23.0. The van der Waals surface area contributed by atoms with Crippen LogP contribution in [0.15, 0.2) is 60.7 Å². The van der Waals surface area contributed by atoms with Crippen LogP contribution in [0.2, 0.25) is 0 Å². The minimum Gasteiger partial charge on any atom is -0.387 e. The van der Waals surface area contributed by atoms with E-state index >= 15 is 0 Å². The third-order valence-corrected chi connectivity index (χ3v) is 3.78. The van der Waals surface area contributed by atoms with Crippen LogP contribution in [-0.2, 0) is 0 Å². The van der Waals surface area contributed by atoms with E-state index in [-0.39, 0.29) is 0 Å². The molecule has 0 saturated heterocycles. The van der Waals surface area contributed by atoms with Gasteiger partial charge >= 0.3 is 0 Å². The first kappa shape index (κ1) is 12.4. The maximum Gasteiger partial charge on any atom is 0.0914 e. The van der Waals surface area contributed by atoms with Gasteiger partial charge in [0, 0.05) is 18.5 Å². The maximum absolute atomic E-state index is 10.1. The highest BCUT2D eigenvalue weighted by Gasteiger charge is 2.37. The molecule has 1 saturated carbocycles. The quantitative estimate of drug-likeness (QED) is 0.858. The SMILES string of the molecule is OC(CNC1CC1c1ccccc1)c1ccccc1. The summed E-state index contributed by atoms with van der Waals surface area (Å²) < 4.78 is 0. The Morgan fingerprint density at radius 1 is 1.00 bits per heavy atom. The molecule has 0 spiro atoms. The first-order valence-corrected chi connectivity index (χ1v) is 6.86. The third-order valence-electron chi connectivity index (χ3n) is 3.78. The first-order chi connectivity index (χ1) is 9.34. The van der Waals surface area contributed by atoms with Crippen molar-refractivity contribution in [1.29, 1.82) is 0 Å². The Kier molecular flexibility index (Phi) is 3.62. The van der Waals surface area contributed by atoms with E-state index in [1.54, 1.807) is 0 Å².